The van der Waals surface area contributed by atoms with Gasteiger partial charge < -0.3 is 10.2 Å². The van der Waals surface area contributed by atoms with Crippen molar-refractivity contribution in [2.24, 2.45) is 0 Å². The van der Waals surface area contributed by atoms with Crippen LogP contribution in [0.25, 0.3) is 10.9 Å². The quantitative estimate of drug-likeness (QED) is 0.775. The summed E-state index contributed by atoms with van der Waals surface area (Å²) >= 11 is 0. The predicted molar refractivity (Wildman–Crippen MR) is 67.3 cm³/mol. The molecule has 0 spiro atoms. The summed E-state index contributed by atoms with van der Waals surface area (Å²) in [6, 6.07) is 8.58. The van der Waals surface area contributed by atoms with Gasteiger partial charge in [-0.2, -0.15) is 5.10 Å². The number of amides is 1. The molecule has 3 heterocycles. The Morgan fingerprint density at radius 2 is 2.28 bits per heavy atom. The second-order valence-corrected chi connectivity index (χ2v) is 5.07. The number of piperazine rings is 1. The molecule has 2 fully saturated rings. The number of H-pyrrole nitrogens is 1. The van der Waals surface area contributed by atoms with Gasteiger partial charge in [-0.15, -0.1) is 0 Å². The number of benzene rings is 1. The molecule has 0 radical (unpaired) electrons. The Kier molecular flexibility index (Phi) is 1.99. The monoisotopic (exact) mass is 242 g/mol. The average Bonchev–Trinajstić information content (AvgIpc) is 3.12. The molecule has 92 valence electrons. The van der Waals surface area contributed by atoms with E-state index >= 15 is 0 Å². The Morgan fingerprint density at radius 3 is 3.06 bits per heavy atom. The van der Waals surface area contributed by atoms with E-state index in [0.717, 1.165) is 30.4 Å². The highest BCUT2D eigenvalue weighted by molar-refractivity contribution is 6.04. The number of fused-ring (bicyclic) bond motifs is 3. The van der Waals surface area contributed by atoms with Crippen LogP contribution in [-0.4, -0.2) is 46.2 Å². The highest BCUT2D eigenvalue weighted by Crippen LogP contribution is 2.26. The SMILES string of the molecule is O=C(c1n[nH]c2ccccc12)N1C[C@@H]2CC1CN2. The summed E-state index contributed by atoms with van der Waals surface area (Å²) in [5.74, 6) is 0.0569. The zero-order valence-electron chi connectivity index (χ0n) is 9.89. The van der Waals surface area contributed by atoms with Crippen molar-refractivity contribution >= 4 is 16.8 Å². The van der Waals surface area contributed by atoms with Gasteiger partial charge in [-0.25, -0.2) is 0 Å². The van der Waals surface area contributed by atoms with E-state index in [2.05, 4.69) is 15.5 Å². The van der Waals surface area contributed by atoms with E-state index in [-0.39, 0.29) is 5.91 Å². The number of carbonyl (C=O) groups is 1. The van der Waals surface area contributed by atoms with Gasteiger partial charge in [0.15, 0.2) is 5.69 Å². The number of hydrogen-bond donors (Lipinski definition) is 2. The number of nitrogens with one attached hydrogen (secondary N) is 2. The van der Waals surface area contributed by atoms with Gasteiger partial charge in [0.05, 0.1) is 5.52 Å². The van der Waals surface area contributed by atoms with E-state index in [0.29, 0.717) is 17.8 Å². The molecule has 2 aliphatic rings. The summed E-state index contributed by atoms with van der Waals surface area (Å²) in [4.78, 5) is 14.5. The Bertz CT molecular complexity index is 620. The smallest absolute Gasteiger partial charge is 0.275 e. The van der Waals surface area contributed by atoms with Crippen LogP contribution in [0.15, 0.2) is 24.3 Å². The fraction of sp³-hybridized carbons (Fsp3) is 0.385. The zero-order chi connectivity index (χ0) is 12.1. The van der Waals surface area contributed by atoms with Crippen molar-refractivity contribution in [2.75, 3.05) is 13.1 Å². The van der Waals surface area contributed by atoms with Crippen molar-refractivity contribution in [3.63, 3.8) is 0 Å². The molecule has 0 aliphatic carbocycles. The summed E-state index contributed by atoms with van der Waals surface area (Å²) in [5, 5.41) is 11.4. The Hall–Kier alpha value is -1.88. The van der Waals surface area contributed by atoms with Crippen molar-refractivity contribution in [3.8, 4) is 0 Å². The van der Waals surface area contributed by atoms with Gasteiger partial charge in [0, 0.05) is 30.6 Å². The number of para-hydroxylation sites is 1. The first-order chi connectivity index (χ1) is 8.83. The number of aromatic nitrogens is 2. The molecule has 1 aromatic heterocycles. The van der Waals surface area contributed by atoms with Crippen molar-refractivity contribution < 1.29 is 4.79 Å². The topological polar surface area (TPSA) is 61.0 Å². The largest absolute Gasteiger partial charge is 0.331 e. The number of likely N-dealkylation sites (tertiary alicyclic amines) is 1. The number of aromatic amines is 1. The minimum Gasteiger partial charge on any atom is -0.331 e. The molecule has 2 aliphatic heterocycles. The van der Waals surface area contributed by atoms with Gasteiger partial charge in [-0.05, 0) is 12.5 Å². The lowest BCUT2D eigenvalue weighted by Crippen LogP contribution is -2.46. The molecule has 5 heteroatoms. The molecule has 1 amide bonds. The zero-order valence-corrected chi connectivity index (χ0v) is 9.89. The van der Waals surface area contributed by atoms with Crippen molar-refractivity contribution in [3.05, 3.63) is 30.0 Å². The van der Waals surface area contributed by atoms with E-state index < -0.39 is 0 Å². The van der Waals surface area contributed by atoms with E-state index in [1.807, 2.05) is 29.2 Å². The first-order valence-corrected chi connectivity index (χ1v) is 6.30. The number of carbonyl (C=O) groups excluding carboxylic acids is 1. The summed E-state index contributed by atoms with van der Waals surface area (Å²) in [6.07, 6.45) is 1.08. The van der Waals surface area contributed by atoms with E-state index in [1.54, 1.807) is 0 Å². The number of rotatable bonds is 1. The summed E-state index contributed by atoms with van der Waals surface area (Å²) in [7, 11) is 0. The lowest BCUT2D eigenvalue weighted by molar-refractivity contribution is 0.0712. The normalized spacial score (nSPS) is 26.1. The standard InChI is InChI=1S/C13H14N4O/c18-13(17-7-8-5-9(17)6-14-8)12-10-3-1-2-4-11(10)15-16-12/h1-4,8-9,14H,5-7H2,(H,15,16)/t8-,9?/m0/s1. The van der Waals surface area contributed by atoms with Gasteiger partial charge in [0.1, 0.15) is 0 Å². The third-order valence-corrected chi connectivity index (χ3v) is 3.99. The fourth-order valence-electron chi connectivity index (χ4n) is 3.07. The van der Waals surface area contributed by atoms with Crippen LogP contribution >= 0.6 is 0 Å². The minimum absolute atomic E-state index is 0.0569. The molecule has 2 aromatic rings. The van der Waals surface area contributed by atoms with E-state index in [9.17, 15) is 4.79 Å². The molecule has 4 rings (SSSR count). The minimum atomic E-state index is 0.0569. The Labute approximate surface area is 104 Å². The average molecular weight is 242 g/mol. The molecule has 18 heavy (non-hydrogen) atoms. The van der Waals surface area contributed by atoms with Gasteiger partial charge in [-0.3, -0.25) is 9.89 Å². The fourth-order valence-corrected chi connectivity index (χ4v) is 3.07. The molecular formula is C13H14N4O. The molecule has 5 nitrogen and oxygen atoms in total. The van der Waals surface area contributed by atoms with Crippen molar-refractivity contribution in [1.82, 2.24) is 20.4 Å². The van der Waals surface area contributed by atoms with Crippen LogP contribution in [0.5, 0.6) is 0 Å². The highest BCUT2D eigenvalue weighted by atomic mass is 16.2. The third kappa shape index (κ3) is 1.31. The van der Waals surface area contributed by atoms with E-state index in [1.165, 1.54) is 0 Å². The molecule has 1 unspecified atom stereocenters. The first-order valence-electron chi connectivity index (χ1n) is 6.30. The van der Waals surface area contributed by atoms with Crippen LogP contribution in [0.1, 0.15) is 16.9 Å². The van der Waals surface area contributed by atoms with Gasteiger partial charge >= 0.3 is 0 Å². The molecular weight excluding hydrogens is 228 g/mol. The van der Waals surface area contributed by atoms with E-state index in [4.69, 9.17) is 0 Å². The molecule has 2 N–H and O–H groups in total. The predicted octanol–water partition coefficient (Wildman–Crippen LogP) is 0.749. The highest BCUT2D eigenvalue weighted by Gasteiger charge is 2.41. The maximum Gasteiger partial charge on any atom is 0.275 e. The van der Waals surface area contributed by atoms with Gasteiger partial charge in [0.25, 0.3) is 5.91 Å². The summed E-state index contributed by atoms with van der Waals surface area (Å²) < 4.78 is 0. The first kappa shape index (κ1) is 10.1. The van der Waals surface area contributed by atoms with Gasteiger partial charge in [-0.1, -0.05) is 18.2 Å². The van der Waals surface area contributed by atoms with Gasteiger partial charge in [0.2, 0.25) is 0 Å². The lowest BCUT2D eigenvalue weighted by Gasteiger charge is -2.26. The number of hydrogen-bond acceptors (Lipinski definition) is 3. The number of nitrogens with zero attached hydrogens (tertiary/aromatic N) is 2. The van der Waals surface area contributed by atoms with Crippen molar-refractivity contribution in [2.45, 2.75) is 18.5 Å². The van der Waals surface area contributed by atoms with Crippen molar-refractivity contribution in [1.29, 1.82) is 0 Å². The third-order valence-electron chi connectivity index (χ3n) is 3.99. The van der Waals surface area contributed by atoms with Crippen LogP contribution in [0, 0.1) is 0 Å². The molecule has 0 saturated carbocycles. The van der Waals surface area contributed by atoms with Crippen LogP contribution < -0.4 is 5.32 Å². The second-order valence-electron chi connectivity index (χ2n) is 5.07. The van der Waals surface area contributed by atoms with Crippen LogP contribution in [-0.2, 0) is 0 Å². The van der Waals surface area contributed by atoms with Crippen LogP contribution in [0.2, 0.25) is 0 Å². The van der Waals surface area contributed by atoms with Crippen LogP contribution in [0.3, 0.4) is 0 Å². The second kappa shape index (κ2) is 3.55. The molecule has 2 atom stereocenters. The Balaban J connectivity index is 1.72. The lowest BCUT2D eigenvalue weighted by atomic mass is 10.2. The summed E-state index contributed by atoms with van der Waals surface area (Å²) in [6.45, 7) is 1.73. The maximum absolute atomic E-state index is 12.5. The Morgan fingerprint density at radius 1 is 1.39 bits per heavy atom. The van der Waals surface area contributed by atoms with Crippen LogP contribution in [0.4, 0.5) is 0 Å². The molecule has 2 saturated heterocycles. The molecule has 2 bridgehead atoms. The maximum atomic E-state index is 12.5. The molecule has 1 aromatic carbocycles. The summed E-state index contributed by atoms with van der Waals surface area (Å²) in [5.41, 5.74) is 1.47.